The number of aromatic nitrogens is 4. The summed E-state index contributed by atoms with van der Waals surface area (Å²) in [5.74, 6) is 1.43. The number of anilines is 4. The maximum Gasteiger partial charge on any atom is 0.327 e. The van der Waals surface area contributed by atoms with Crippen molar-refractivity contribution in [1.82, 2.24) is 19.9 Å². The maximum absolute atomic E-state index is 11.8. The van der Waals surface area contributed by atoms with Crippen molar-refractivity contribution in [3.8, 4) is 0 Å². The number of nitrogens with zero attached hydrogens (tertiary/aromatic N) is 6. The lowest BCUT2D eigenvalue weighted by molar-refractivity contribution is 0.256. The largest absolute Gasteiger partial charge is 0.327 e. The molecule has 6 rings (SSSR count). The second-order valence-corrected chi connectivity index (χ2v) is 8.85. The van der Waals surface area contributed by atoms with Crippen molar-refractivity contribution >= 4 is 78.2 Å². The predicted molar refractivity (Wildman–Crippen MR) is 132 cm³/mol. The summed E-state index contributed by atoms with van der Waals surface area (Å²) >= 11 is 3.09. The number of thiophene rings is 2. The Labute approximate surface area is 195 Å². The zero-order valence-corrected chi connectivity index (χ0v) is 18.6. The van der Waals surface area contributed by atoms with Crippen LogP contribution in [-0.2, 0) is 0 Å². The zero-order chi connectivity index (χ0) is 23.7. The summed E-state index contributed by atoms with van der Waals surface area (Å²) in [4.78, 5) is 46.5. The number of carbonyl (C=O) groups is 2. The first-order valence-corrected chi connectivity index (χ1v) is 11.4. The van der Waals surface area contributed by atoms with Crippen LogP contribution in [0, 0.1) is 6.92 Å². The molecule has 2 aliphatic heterocycles. The summed E-state index contributed by atoms with van der Waals surface area (Å²) in [5, 5.41) is 9.52. The van der Waals surface area contributed by atoms with Gasteiger partial charge in [-0.25, -0.2) is 29.5 Å². The molecule has 0 bridgehead atoms. The lowest BCUT2D eigenvalue weighted by Crippen LogP contribution is -2.38. The van der Waals surface area contributed by atoms with Gasteiger partial charge in [-0.05, 0) is 20.8 Å². The van der Waals surface area contributed by atoms with E-state index in [-0.39, 0.29) is 19.5 Å². The molecule has 0 aromatic carbocycles. The molecule has 4 amide bonds. The van der Waals surface area contributed by atoms with Crippen LogP contribution in [0.15, 0.2) is 18.0 Å². The Morgan fingerprint density at radius 1 is 0.938 bits per heavy atom. The number of urea groups is 2. The van der Waals surface area contributed by atoms with Crippen molar-refractivity contribution in [3.63, 3.8) is 0 Å². The van der Waals surface area contributed by atoms with Crippen LogP contribution in [0.2, 0.25) is 0 Å². The second-order valence-electron chi connectivity index (χ2n) is 6.79. The van der Waals surface area contributed by atoms with Gasteiger partial charge in [-0.1, -0.05) is 7.43 Å². The molecule has 2 N–H and O–H groups in total. The molecule has 10 nitrogen and oxygen atoms in total. The zero-order valence-electron chi connectivity index (χ0n) is 19.0. The van der Waals surface area contributed by atoms with Crippen molar-refractivity contribution in [1.29, 1.82) is 0 Å². The van der Waals surface area contributed by atoms with Gasteiger partial charge in [0.1, 0.15) is 22.3 Å². The first kappa shape index (κ1) is 20.5. The molecule has 0 radical (unpaired) electrons. The number of nitrogens with one attached hydrogen (secondary N) is 2. The molecule has 4 aromatic heterocycles. The van der Waals surface area contributed by atoms with Crippen LogP contribution < -0.4 is 20.4 Å². The second kappa shape index (κ2) is 8.28. The van der Waals surface area contributed by atoms with Gasteiger partial charge in [0, 0.05) is 26.3 Å². The minimum absolute atomic E-state index is 0. The summed E-state index contributed by atoms with van der Waals surface area (Å²) in [7, 11) is 0. The van der Waals surface area contributed by atoms with Gasteiger partial charge in [0.2, 0.25) is 0 Å². The first-order chi connectivity index (χ1) is 16.0. The molecule has 0 aliphatic carbocycles. The third-order valence-corrected chi connectivity index (χ3v) is 7.00. The Hall–Kier alpha value is -3.38. The number of hydrogen-bond acceptors (Lipinski definition) is 8. The fourth-order valence-corrected chi connectivity index (χ4v) is 5.45. The van der Waals surface area contributed by atoms with E-state index in [0.717, 1.165) is 42.5 Å². The summed E-state index contributed by atoms with van der Waals surface area (Å²) < 4.78 is 10.0. The van der Waals surface area contributed by atoms with Gasteiger partial charge in [-0.15, -0.1) is 22.7 Å². The monoisotopic (exact) mass is 474 g/mol. The lowest BCUT2D eigenvalue weighted by atomic mass is 10.2. The average molecular weight is 475 g/mol. The van der Waals surface area contributed by atoms with Crippen LogP contribution in [0.25, 0.3) is 20.4 Å². The smallest absolute Gasteiger partial charge is 0.306 e. The fraction of sp³-hybridized carbons (Fsp3) is 0.300. The van der Waals surface area contributed by atoms with E-state index in [1.807, 2.05) is 26.2 Å². The normalized spacial score (nSPS) is 14.2. The third kappa shape index (κ3) is 3.22. The molecule has 6 heterocycles. The van der Waals surface area contributed by atoms with E-state index < -0.39 is 0 Å². The van der Waals surface area contributed by atoms with Crippen LogP contribution in [0.1, 0.15) is 29.1 Å². The van der Waals surface area contributed by atoms with Gasteiger partial charge in [-0.3, -0.25) is 9.80 Å². The van der Waals surface area contributed by atoms with Crippen LogP contribution in [0.4, 0.5) is 32.6 Å². The highest BCUT2D eigenvalue weighted by molar-refractivity contribution is 7.19. The summed E-state index contributed by atoms with van der Waals surface area (Å²) in [5.41, 5.74) is 1.69. The number of carbonyl (C=O) groups excluding carboxylic acids is 2. The van der Waals surface area contributed by atoms with Gasteiger partial charge < -0.3 is 10.6 Å². The van der Waals surface area contributed by atoms with E-state index in [0.29, 0.717) is 18.9 Å². The van der Waals surface area contributed by atoms with Crippen LogP contribution in [0.3, 0.4) is 0 Å². The molecular weight excluding hydrogens is 448 g/mol. The van der Waals surface area contributed by atoms with Crippen molar-refractivity contribution in [2.45, 2.75) is 28.2 Å². The highest BCUT2D eigenvalue weighted by atomic mass is 32.1. The Balaban J connectivity index is 0.000000173. The van der Waals surface area contributed by atoms with Crippen molar-refractivity contribution in [2.75, 3.05) is 33.5 Å². The molecule has 0 spiro atoms. The summed E-state index contributed by atoms with van der Waals surface area (Å²) in [6.45, 7) is 7.04. The lowest BCUT2D eigenvalue weighted by Gasteiger charge is -2.25. The molecule has 12 heteroatoms. The SMILES string of the molecule is C.CCN1C(=O)Nc2c(C)sc3ncnc1c23.CCN1C(=O)Nc2csc3ncnc1c23.[2H][2H]. The minimum Gasteiger partial charge on any atom is -0.306 e. The highest BCUT2D eigenvalue weighted by Crippen LogP contribution is 2.41. The van der Waals surface area contributed by atoms with E-state index in [1.165, 1.54) is 24.0 Å². The molecule has 0 unspecified atom stereocenters. The Morgan fingerprint density at radius 3 is 2.19 bits per heavy atom. The molecule has 0 fully saturated rings. The molecular formula is C20H24N8O2S2. The molecule has 0 atom stereocenters. The predicted octanol–water partition coefficient (Wildman–Crippen LogP) is 5.32. The Morgan fingerprint density at radius 2 is 1.53 bits per heavy atom. The summed E-state index contributed by atoms with van der Waals surface area (Å²) in [6, 6.07) is -0.236. The van der Waals surface area contributed by atoms with E-state index in [1.54, 1.807) is 21.1 Å². The van der Waals surface area contributed by atoms with Gasteiger partial charge in [0.05, 0.1) is 22.1 Å². The van der Waals surface area contributed by atoms with E-state index >= 15 is 0 Å². The third-order valence-electron chi connectivity index (χ3n) is 5.10. The maximum atomic E-state index is 11.8. The quantitative estimate of drug-likeness (QED) is 0.406. The van der Waals surface area contributed by atoms with Gasteiger partial charge >= 0.3 is 12.1 Å². The molecule has 4 aromatic rings. The summed E-state index contributed by atoms with van der Waals surface area (Å²) in [6.07, 6.45) is 3.01. The standard InChI is InChI=1S/C10H10N4OS.C9H8N4OS.CH4.H2/c1-3-14-8-6-7(13-10(14)15)5(2)16-9(6)12-4-11-8;1-2-13-7-6-5(12-9(13)14)3-15-8(6)11-4-10-7;;/h4H,3H2,1-2H3,(H,13,15);3-4H,2H2,1H3,(H,12,14);1H4;1H/i;;;1+1D. The number of rotatable bonds is 2. The first-order valence-electron chi connectivity index (χ1n) is 10.7. The molecule has 0 saturated heterocycles. The minimum atomic E-state index is -0.122. The number of hydrogen-bond donors (Lipinski definition) is 2. The molecule has 32 heavy (non-hydrogen) atoms. The number of aryl methyl sites for hydroxylation is 1. The van der Waals surface area contributed by atoms with E-state index in [4.69, 9.17) is 2.97 Å². The molecule has 2 aliphatic rings. The van der Waals surface area contributed by atoms with Crippen LogP contribution in [-0.4, -0.2) is 45.1 Å². The van der Waals surface area contributed by atoms with Crippen LogP contribution in [0.5, 0.6) is 0 Å². The number of amides is 4. The van der Waals surface area contributed by atoms with E-state index in [2.05, 4.69) is 30.6 Å². The molecule has 168 valence electrons. The highest BCUT2D eigenvalue weighted by Gasteiger charge is 2.29. The average Bonchev–Trinajstić information content (AvgIpc) is 3.38. The van der Waals surface area contributed by atoms with Crippen molar-refractivity contribution in [3.05, 3.63) is 22.9 Å². The topological polar surface area (TPSA) is 116 Å². The molecule has 0 saturated carbocycles. The van der Waals surface area contributed by atoms with Crippen molar-refractivity contribution in [2.24, 2.45) is 0 Å². The van der Waals surface area contributed by atoms with E-state index in [9.17, 15) is 9.59 Å². The fourth-order valence-electron chi connectivity index (χ4n) is 3.68. The van der Waals surface area contributed by atoms with Crippen LogP contribution >= 0.6 is 22.7 Å². The van der Waals surface area contributed by atoms with Gasteiger partial charge in [0.15, 0.2) is 11.6 Å². The Bertz CT molecular complexity index is 1360. The Kier molecular flexibility index (Phi) is 5.31. The van der Waals surface area contributed by atoms with Gasteiger partial charge in [0.25, 0.3) is 0 Å². The van der Waals surface area contributed by atoms with Crippen molar-refractivity contribution < 1.29 is 12.6 Å². The van der Waals surface area contributed by atoms with Gasteiger partial charge in [-0.2, -0.15) is 0 Å².